The first-order valence-corrected chi connectivity index (χ1v) is 7.56. The van der Waals surface area contributed by atoms with Crippen LogP contribution in [0.3, 0.4) is 0 Å². The van der Waals surface area contributed by atoms with Gasteiger partial charge in [0.25, 0.3) is 5.91 Å². The summed E-state index contributed by atoms with van der Waals surface area (Å²) in [6, 6.07) is 14.7. The topological polar surface area (TPSA) is 56.8 Å². The van der Waals surface area contributed by atoms with Crippen LogP contribution in [0.5, 0.6) is 17.2 Å². The normalized spacial score (nSPS) is 15.0. The van der Waals surface area contributed by atoms with E-state index in [9.17, 15) is 4.79 Å². The first kappa shape index (κ1) is 15.8. The lowest BCUT2D eigenvalue weighted by Crippen LogP contribution is -2.44. The van der Waals surface area contributed by atoms with Crippen molar-refractivity contribution < 1.29 is 19.0 Å². The number of rotatable bonds is 3. The Morgan fingerprint density at radius 1 is 1.21 bits per heavy atom. The molecule has 5 nitrogen and oxygen atoms in total. The Hall–Kier alpha value is -3.13. The number of methoxy groups -OCH3 is 1. The summed E-state index contributed by atoms with van der Waals surface area (Å²) < 4.78 is 16.4. The van der Waals surface area contributed by atoms with Crippen molar-refractivity contribution in [3.05, 3.63) is 54.1 Å². The van der Waals surface area contributed by atoms with Gasteiger partial charge in [0.1, 0.15) is 12.4 Å². The van der Waals surface area contributed by atoms with Gasteiger partial charge in [-0.2, -0.15) is 0 Å². The third-order valence-electron chi connectivity index (χ3n) is 3.48. The predicted molar refractivity (Wildman–Crippen MR) is 89.2 cm³/mol. The lowest BCUT2D eigenvalue weighted by Gasteiger charge is -2.25. The van der Waals surface area contributed by atoms with E-state index in [-0.39, 0.29) is 19.1 Å². The number of benzene rings is 2. The molecule has 3 rings (SSSR count). The maximum Gasteiger partial charge on any atom is 0.265 e. The predicted octanol–water partition coefficient (Wildman–Crippen LogP) is 2.00. The van der Waals surface area contributed by atoms with Gasteiger partial charge in [-0.15, -0.1) is 0 Å². The zero-order valence-electron chi connectivity index (χ0n) is 13.2. The first-order valence-electron chi connectivity index (χ1n) is 7.56. The highest BCUT2D eigenvalue weighted by Crippen LogP contribution is 2.30. The zero-order valence-corrected chi connectivity index (χ0v) is 13.2. The van der Waals surface area contributed by atoms with Gasteiger partial charge in [-0.1, -0.05) is 36.1 Å². The highest BCUT2D eigenvalue weighted by Gasteiger charge is 2.26. The lowest BCUT2D eigenvalue weighted by molar-refractivity contribution is -0.130. The van der Waals surface area contributed by atoms with Crippen LogP contribution >= 0.6 is 0 Å². The van der Waals surface area contributed by atoms with Gasteiger partial charge in [0.05, 0.1) is 19.2 Å². The van der Waals surface area contributed by atoms with Gasteiger partial charge >= 0.3 is 0 Å². The number of carbonyl (C=O) groups excluding carboxylic acids is 1. The summed E-state index contributed by atoms with van der Waals surface area (Å²) in [6.45, 7) is 0.404. The fraction of sp³-hybridized carbons (Fsp3) is 0.211. The molecule has 0 bridgehead atoms. The molecular weight excluding hydrogens is 306 g/mol. The molecule has 5 heteroatoms. The van der Waals surface area contributed by atoms with Crippen LogP contribution in [-0.4, -0.2) is 32.3 Å². The van der Waals surface area contributed by atoms with Crippen molar-refractivity contribution in [2.24, 2.45) is 0 Å². The van der Waals surface area contributed by atoms with E-state index < -0.39 is 6.10 Å². The molecule has 1 N–H and O–H groups in total. The number of hydrogen-bond acceptors (Lipinski definition) is 4. The second-order valence-electron chi connectivity index (χ2n) is 5.08. The van der Waals surface area contributed by atoms with E-state index >= 15 is 0 Å². The molecule has 1 atom stereocenters. The molecule has 0 radical (unpaired) electrons. The lowest BCUT2D eigenvalue weighted by atomic mass is 10.2. The molecule has 0 spiro atoms. The van der Waals surface area contributed by atoms with Crippen LogP contribution in [0.4, 0.5) is 0 Å². The Balaban J connectivity index is 1.55. The summed E-state index contributed by atoms with van der Waals surface area (Å²) in [5, 5.41) is 2.73. The van der Waals surface area contributed by atoms with Crippen molar-refractivity contribution in [2.45, 2.75) is 6.10 Å². The fourth-order valence-corrected chi connectivity index (χ4v) is 2.28. The molecule has 0 aromatic heterocycles. The Kier molecular flexibility index (Phi) is 4.87. The summed E-state index contributed by atoms with van der Waals surface area (Å²) in [6.07, 6.45) is -0.673. The quantitative estimate of drug-likeness (QED) is 0.878. The molecule has 0 saturated carbocycles. The molecule has 2 aromatic carbocycles. The SMILES string of the molecule is COc1ccccc1C#CCNC(=O)C1COc2ccccc2O1. The number of hydrogen-bond donors (Lipinski definition) is 1. The Morgan fingerprint density at radius 3 is 2.79 bits per heavy atom. The third kappa shape index (κ3) is 3.61. The number of carbonyl (C=O) groups is 1. The maximum atomic E-state index is 12.1. The van der Waals surface area contributed by atoms with E-state index in [2.05, 4.69) is 17.2 Å². The summed E-state index contributed by atoms with van der Waals surface area (Å²) >= 11 is 0. The summed E-state index contributed by atoms with van der Waals surface area (Å²) in [7, 11) is 1.60. The van der Waals surface area contributed by atoms with Crippen molar-refractivity contribution >= 4 is 5.91 Å². The van der Waals surface area contributed by atoms with Crippen LogP contribution in [0, 0.1) is 11.8 Å². The summed E-state index contributed by atoms with van der Waals surface area (Å²) in [5.41, 5.74) is 0.778. The van der Waals surface area contributed by atoms with Gasteiger partial charge in [-0.05, 0) is 24.3 Å². The summed E-state index contributed by atoms with van der Waals surface area (Å²) in [5.74, 6) is 7.56. The molecular formula is C19H17NO4. The second kappa shape index (κ2) is 7.42. The van der Waals surface area contributed by atoms with Crippen molar-refractivity contribution in [2.75, 3.05) is 20.3 Å². The molecule has 122 valence electrons. The zero-order chi connectivity index (χ0) is 16.8. The Morgan fingerprint density at radius 2 is 1.96 bits per heavy atom. The molecule has 1 amide bonds. The Bertz CT molecular complexity index is 791. The number of fused-ring (bicyclic) bond motifs is 1. The molecule has 1 heterocycles. The number of amides is 1. The van der Waals surface area contributed by atoms with Crippen LogP contribution < -0.4 is 19.5 Å². The highest BCUT2D eigenvalue weighted by molar-refractivity contribution is 5.82. The largest absolute Gasteiger partial charge is 0.495 e. The fourth-order valence-electron chi connectivity index (χ4n) is 2.28. The van der Waals surface area contributed by atoms with E-state index in [1.807, 2.05) is 42.5 Å². The number of ether oxygens (including phenoxy) is 3. The van der Waals surface area contributed by atoms with E-state index in [1.54, 1.807) is 13.2 Å². The van der Waals surface area contributed by atoms with Gasteiger partial charge in [-0.25, -0.2) is 0 Å². The van der Waals surface area contributed by atoms with E-state index in [0.29, 0.717) is 17.2 Å². The molecule has 1 aliphatic heterocycles. The minimum atomic E-state index is -0.673. The average Bonchev–Trinajstić information content (AvgIpc) is 2.65. The number of para-hydroxylation sites is 3. The molecule has 0 aliphatic carbocycles. The molecule has 2 aromatic rings. The molecule has 24 heavy (non-hydrogen) atoms. The third-order valence-corrected chi connectivity index (χ3v) is 3.48. The van der Waals surface area contributed by atoms with Crippen molar-refractivity contribution in [1.29, 1.82) is 0 Å². The monoisotopic (exact) mass is 323 g/mol. The smallest absolute Gasteiger partial charge is 0.265 e. The van der Waals surface area contributed by atoms with Crippen LogP contribution in [0.2, 0.25) is 0 Å². The number of nitrogens with one attached hydrogen (secondary N) is 1. The van der Waals surface area contributed by atoms with Gasteiger partial charge in [0.15, 0.2) is 11.5 Å². The van der Waals surface area contributed by atoms with Gasteiger partial charge in [0, 0.05) is 0 Å². The van der Waals surface area contributed by atoms with Gasteiger partial charge < -0.3 is 19.5 Å². The summed E-state index contributed by atoms with van der Waals surface area (Å²) in [4.78, 5) is 12.1. The average molecular weight is 323 g/mol. The van der Waals surface area contributed by atoms with E-state index in [0.717, 1.165) is 5.56 Å². The van der Waals surface area contributed by atoms with Crippen LogP contribution in [0.15, 0.2) is 48.5 Å². The Labute approximate surface area is 140 Å². The van der Waals surface area contributed by atoms with Crippen molar-refractivity contribution in [3.8, 4) is 29.1 Å². The maximum absolute atomic E-state index is 12.1. The minimum absolute atomic E-state index is 0.183. The van der Waals surface area contributed by atoms with Crippen LogP contribution in [0.25, 0.3) is 0 Å². The molecule has 1 unspecified atom stereocenters. The molecule has 1 aliphatic rings. The van der Waals surface area contributed by atoms with Crippen LogP contribution in [-0.2, 0) is 4.79 Å². The van der Waals surface area contributed by atoms with Gasteiger partial charge in [-0.3, -0.25) is 4.79 Å². The standard InChI is InChI=1S/C19H17NO4/c1-22-15-9-3-2-7-14(15)8-6-12-20-19(21)18-13-23-16-10-4-5-11-17(16)24-18/h2-5,7,9-11,18H,12-13H2,1H3,(H,20,21). The van der Waals surface area contributed by atoms with E-state index in [1.165, 1.54) is 0 Å². The van der Waals surface area contributed by atoms with E-state index in [4.69, 9.17) is 14.2 Å². The molecule has 0 saturated heterocycles. The van der Waals surface area contributed by atoms with Crippen LogP contribution in [0.1, 0.15) is 5.56 Å². The first-order chi connectivity index (χ1) is 11.8. The van der Waals surface area contributed by atoms with Crippen molar-refractivity contribution in [1.82, 2.24) is 5.32 Å². The second-order valence-corrected chi connectivity index (χ2v) is 5.08. The van der Waals surface area contributed by atoms with Gasteiger partial charge in [0.2, 0.25) is 6.10 Å². The molecule has 0 fully saturated rings. The highest BCUT2D eigenvalue weighted by atomic mass is 16.6. The minimum Gasteiger partial charge on any atom is -0.495 e. The van der Waals surface area contributed by atoms with Crippen molar-refractivity contribution in [3.63, 3.8) is 0 Å².